The molecule has 0 radical (unpaired) electrons. The first-order valence-electron chi connectivity index (χ1n) is 11.2. The van der Waals surface area contributed by atoms with Crippen LogP contribution in [0.2, 0.25) is 0 Å². The van der Waals surface area contributed by atoms with Gasteiger partial charge in [0.15, 0.2) is 0 Å². The van der Waals surface area contributed by atoms with Crippen LogP contribution in [0.25, 0.3) is 10.9 Å². The number of carbonyl (C=O) groups is 3. The molecule has 2 atom stereocenters. The Bertz CT molecular complexity index is 1510. The van der Waals surface area contributed by atoms with Gasteiger partial charge in [0.2, 0.25) is 0 Å². The van der Waals surface area contributed by atoms with E-state index >= 15 is 0 Å². The summed E-state index contributed by atoms with van der Waals surface area (Å²) in [5.41, 5.74) is 3.56. The minimum Gasteiger partial charge on any atom is -0.497 e. The van der Waals surface area contributed by atoms with Crippen LogP contribution in [0.15, 0.2) is 72.8 Å². The van der Waals surface area contributed by atoms with Crippen LogP contribution in [0.3, 0.4) is 0 Å². The number of benzene rings is 3. The van der Waals surface area contributed by atoms with E-state index in [2.05, 4.69) is 4.98 Å². The molecular formula is C27H21N3O5. The van der Waals surface area contributed by atoms with Crippen molar-refractivity contribution in [1.82, 2.24) is 9.88 Å². The van der Waals surface area contributed by atoms with E-state index in [1.54, 1.807) is 24.1 Å². The molecule has 8 nitrogen and oxygen atoms in total. The van der Waals surface area contributed by atoms with Crippen molar-refractivity contribution >= 4 is 34.5 Å². The predicted octanol–water partition coefficient (Wildman–Crippen LogP) is 4.36. The molecule has 2 aliphatic heterocycles. The van der Waals surface area contributed by atoms with Gasteiger partial charge in [-0.05, 0) is 41.5 Å². The molecule has 6 rings (SSSR count). The van der Waals surface area contributed by atoms with E-state index in [1.165, 1.54) is 12.1 Å². The second-order valence-corrected chi connectivity index (χ2v) is 8.64. The van der Waals surface area contributed by atoms with Crippen LogP contribution in [0.5, 0.6) is 5.75 Å². The van der Waals surface area contributed by atoms with Crippen LogP contribution in [0, 0.1) is 0 Å². The Balaban J connectivity index is 1.54. The number of anilines is 1. The third-order valence-corrected chi connectivity index (χ3v) is 6.86. The molecule has 3 amide bonds. The zero-order valence-corrected chi connectivity index (χ0v) is 18.8. The number of hydrogen-bond acceptors (Lipinski definition) is 4. The van der Waals surface area contributed by atoms with Crippen LogP contribution in [-0.4, -0.2) is 46.0 Å². The number of aromatic nitrogens is 1. The van der Waals surface area contributed by atoms with Gasteiger partial charge in [-0.25, -0.2) is 14.5 Å². The van der Waals surface area contributed by atoms with Gasteiger partial charge >= 0.3 is 12.0 Å². The maximum absolute atomic E-state index is 13.9. The number of hydrogen-bond donors (Lipinski definition) is 2. The average molecular weight is 467 g/mol. The second-order valence-electron chi connectivity index (χ2n) is 8.64. The van der Waals surface area contributed by atoms with Gasteiger partial charge in [-0.15, -0.1) is 0 Å². The number of urea groups is 1. The summed E-state index contributed by atoms with van der Waals surface area (Å²) in [4.78, 5) is 45.5. The predicted molar refractivity (Wildman–Crippen MR) is 129 cm³/mol. The number of nitrogens with one attached hydrogen (secondary N) is 1. The van der Waals surface area contributed by atoms with Gasteiger partial charge in [-0.3, -0.25) is 9.69 Å². The molecule has 0 spiro atoms. The summed E-state index contributed by atoms with van der Waals surface area (Å²) in [6, 6.07) is 19.5. The Labute approximate surface area is 200 Å². The molecule has 1 fully saturated rings. The number of fused-ring (bicyclic) bond motifs is 4. The number of aromatic carboxylic acids is 1. The summed E-state index contributed by atoms with van der Waals surface area (Å²) >= 11 is 0. The second kappa shape index (κ2) is 7.73. The number of ether oxygens (including phenoxy) is 1. The molecule has 3 aromatic carbocycles. The fourth-order valence-corrected chi connectivity index (χ4v) is 5.28. The van der Waals surface area contributed by atoms with Crippen LogP contribution in [0.1, 0.15) is 33.2 Å². The SMILES string of the molecule is COc1ccc([C@@H]2c3[nH]c4ccccc4c3C[C@H]3C(=O)N(c4ccccc4C(=O)O)C(=O)N23)cc1. The molecule has 1 saturated heterocycles. The van der Waals surface area contributed by atoms with Gasteiger partial charge in [-0.1, -0.05) is 42.5 Å². The molecule has 1 aromatic heterocycles. The highest BCUT2D eigenvalue weighted by molar-refractivity contribution is 6.23. The number of nitrogens with zero attached hydrogens (tertiary/aromatic N) is 2. The quantitative estimate of drug-likeness (QED) is 0.434. The molecule has 8 heteroatoms. The zero-order valence-electron chi connectivity index (χ0n) is 18.8. The number of H-pyrrole nitrogens is 1. The van der Waals surface area contributed by atoms with Gasteiger partial charge < -0.3 is 14.8 Å². The lowest BCUT2D eigenvalue weighted by Gasteiger charge is -2.36. The number of carboxylic acid groups (broad SMARTS) is 1. The highest BCUT2D eigenvalue weighted by Crippen LogP contribution is 2.45. The van der Waals surface area contributed by atoms with E-state index in [-0.39, 0.29) is 11.3 Å². The summed E-state index contributed by atoms with van der Waals surface area (Å²) in [6.07, 6.45) is 0.336. The highest BCUT2D eigenvalue weighted by atomic mass is 16.5. The van der Waals surface area contributed by atoms with E-state index < -0.39 is 30.0 Å². The first-order chi connectivity index (χ1) is 17.0. The van der Waals surface area contributed by atoms with Crippen molar-refractivity contribution in [3.8, 4) is 5.75 Å². The lowest BCUT2D eigenvalue weighted by Crippen LogP contribution is -2.44. The number of carboxylic acids is 1. The molecule has 0 saturated carbocycles. The number of carbonyl (C=O) groups excluding carboxylic acids is 2. The minimum atomic E-state index is -1.20. The van der Waals surface area contributed by atoms with Crippen LogP contribution < -0.4 is 9.64 Å². The van der Waals surface area contributed by atoms with E-state index in [4.69, 9.17) is 4.74 Å². The molecule has 3 heterocycles. The van der Waals surface area contributed by atoms with Crippen molar-refractivity contribution in [2.75, 3.05) is 12.0 Å². The summed E-state index contributed by atoms with van der Waals surface area (Å²) in [6.45, 7) is 0. The molecule has 0 unspecified atom stereocenters. The molecular weight excluding hydrogens is 446 g/mol. The first-order valence-corrected chi connectivity index (χ1v) is 11.2. The largest absolute Gasteiger partial charge is 0.497 e. The lowest BCUT2D eigenvalue weighted by atomic mass is 9.89. The Kier molecular flexibility index (Phi) is 4.63. The van der Waals surface area contributed by atoms with Crippen LogP contribution >= 0.6 is 0 Å². The summed E-state index contributed by atoms with van der Waals surface area (Å²) in [7, 11) is 1.59. The first kappa shape index (κ1) is 21.0. The van der Waals surface area contributed by atoms with Gasteiger partial charge in [0.25, 0.3) is 5.91 Å². The molecule has 174 valence electrons. The Morgan fingerprint density at radius 1 is 1.00 bits per heavy atom. The normalized spacial score (nSPS) is 19.1. The van der Waals surface area contributed by atoms with Gasteiger partial charge in [0.1, 0.15) is 17.8 Å². The molecule has 4 aromatic rings. The maximum atomic E-state index is 13.9. The van der Waals surface area contributed by atoms with Crippen molar-refractivity contribution in [1.29, 1.82) is 0 Å². The standard InChI is InChI=1S/C27H21N3O5/c1-35-16-12-10-15(11-13-16)24-23-19(17-6-2-4-8-20(17)28-23)14-22-25(31)30(27(34)29(22)24)21-9-5-3-7-18(21)26(32)33/h2-13,22,24,28H,14H2,1H3,(H,32,33)/t22-,24+/m0/s1. The smallest absolute Gasteiger partial charge is 0.337 e. The topological polar surface area (TPSA) is 103 Å². The lowest BCUT2D eigenvalue weighted by molar-refractivity contribution is -0.120. The molecule has 35 heavy (non-hydrogen) atoms. The number of imide groups is 1. The van der Waals surface area contributed by atoms with Crippen molar-refractivity contribution in [3.05, 3.63) is 95.2 Å². The maximum Gasteiger partial charge on any atom is 0.337 e. The molecule has 0 bridgehead atoms. The van der Waals surface area contributed by atoms with Gasteiger partial charge in [0.05, 0.1) is 18.4 Å². The third-order valence-electron chi connectivity index (χ3n) is 6.86. The fraction of sp³-hybridized carbons (Fsp3) is 0.148. The molecule has 2 N–H and O–H groups in total. The number of aromatic amines is 1. The summed E-state index contributed by atoms with van der Waals surface area (Å²) in [5, 5.41) is 10.7. The third kappa shape index (κ3) is 3.03. The van der Waals surface area contributed by atoms with Gasteiger partial charge in [-0.2, -0.15) is 0 Å². The van der Waals surface area contributed by atoms with Crippen molar-refractivity contribution in [2.45, 2.75) is 18.5 Å². The Morgan fingerprint density at radius 3 is 2.46 bits per heavy atom. The molecule has 2 aliphatic rings. The fourth-order valence-electron chi connectivity index (χ4n) is 5.28. The number of methoxy groups -OCH3 is 1. The van der Waals surface area contributed by atoms with Crippen molar-refractivity contribution in [2.24, 2.45) is 0 Å². The summed E-state index contributed by atoms with van der Waals surface area (Å²) < 4.78 is 5.30. The molecule has 0 aliphatic carbocycles. The average Bonchev–Trinajstić information content (AvgIpc) is 3.37. The van der Waals surface area contributed by atoms with E-state index in [1.807, 2.05) is 48.5 Å². The summed E-state index contributed by atoms with van der Waals surface area (Å²) in [5.74, 6) is -0.953. The van der Waals surface area contributed by atoms with E-state index in [0.29, 0.717) is 12.2 Å². The van der Waals surface area contributed by atoms with E-state index in [9.17, 15) is 19.5 Å². The number of amides is 3. The van der Waals surface area contributed by atoms with Crippen LogP contribution in [0.4, 0.5) is 10.5 Å². The van der Waals surface area contributed by atoms with Gasteiger partial charge in [0, 0.05) is 23.0 Å². The Hall–Kier alpha value is -4.59. The van der Waals surface area contributed by atoms with E-state index in [0.717, 1.165) is 32.6 Å². The van der Waals surface area contributed by atoms with Crippen LogP contribution in [-0.2, 0) is 11.2 Å². The number of rotatable bonds is 4. The Morgan fingerprint density at radius 2 is 1.71 bits per heavy atom. The van der Waals surface area contributed by atoms with Crippen molar-refractivity contribution < 1.29 is 24.2 Å². The zero-order chi connectivity index (χ0) is 24.3. The highest BCUT2D eigenvalue weighted by Gasteiger charge is 2.53. The minimum absolute atomic E-state index is 0.0754. The monoisotopic (exact) mass is 467 g/mol. The van der Waals surface area contributed by atoms with Crippen molar-refractivity contribution in [3.63, 3.8) is 0 Å². The number of para-hydroxylation sites is 2.